The lowest BCUT2D eigenvalue weighted by Gasteiger charge is -2.21. The maximum Gasteiger partial charge on any atom is 0.338 e. The standard InChI is InChI=1S/C15H17N3O3/c19-12-10-15(8-4-5-9-15)13(20)18(12)17-14(21)16-11-6-2-1-3-7-11/h1-3,6-7H,4-5,8-10H2,(H2,16,17,21). The lowest BCUT2D eigenvalue weighted by molar-refractivity contribution is -0.143. The van der Waals surface area contributed by atoms with Crippen LogP contribution < -0.4 is 10.7 Å². The topological polar surface area (TPSA) is 78.5 Å². The van der Waals surface area contributed by atoms with Gasteiger partial charge in [-0.1, -0.05) is 31.0 Å². The van der Waals surface area contributed by atoms with Crippen LogP contribution in [0.4, 0.5) is 10.5 Å². The second kappa shape index (κ2) is 5.20. The number of carbonyl (C=O) groups is 3. The molecule has 3 rings (SSSR count). The molecule has 1 aromatic rings. The van der Waals surface area contributed by atoms with Gasteiger partial charge in [-0.25, -0.2) is 10.2 Å². The Hall–Kier alpha value is -2.37. The van der Waals surface area contributed by atoms with Crippen LogP contribution in [0.2, 0.25) is 0 Å². The largest absolute Gasteiger partial charge is 0.338 e. The maximum atomic E-state index is 12.4. The van der Waals surface area contributed by atoms with Crippen LogP contribution in [0.15, 0.2) is 30.3 Å². The highest BCUT2D eigenvalue weighted by atomic mass is 16.2. The van der Waals surface area contributed by atoms with Gasteiger partial charge in [0.1, 0.15) is 0 Å². The Balaban J connectivity index is 1.66. The highest BCUT2D eigenvalue weighted by molar-refractivity contribution is 6.07. The van der Waals surface area contributed by atoms with Crippen LogP contribution in [-0.4, -0.2) is 22.9 Å². The molecule has 2 fully saturated rings. The van der Waals surface area contributed by atoms with Crippen LogP contribution in [-0.2, 0) is 9.59 Å². The monoisotopic (exact) mass is 287 g/mol. The number of hydrazine groups is 1. The van der Waals surface area contributed by atoms with Gasteiger partial charge in [0.2, 0.25) is 5.91 Å². The van der Waals surface area contributed by atoms with E-state index >= 15 is 0 Å². The van der Waals surface area contributed by atoms with Crippen LogP contribution in [0.25, 0.3) is 0 Å². The number of para-hydroxylation sites is 1. The minimum absolute atomic E-state index is 0.206. The summed E-state index contributed by atoms with van der Waals surface area (Å²) in [5.74, 6) is -0.599. The van der Waals surface area contributed by atoms with Gasteiger partial charge in [-0.05, 0) is 25.0 Å². The summed E-state index contributed by atoms with van der Waals surface area (Å²) in [6.07, 6.45) is 3.59. The van der Waals surface area contributed by atoms with E-state index in [0.29, 0.717) is 5.69 Å². The van der Waals surface area contributed by atoms with E-state index in [-0.39, 0.29) is 18.2 Å². The summed E-state index contributed by atoms with van der Waals surface area (Å²) in [4.78, 5) is 36.3. The van der Waals surface area contributed by atoms with Crippen molar-refractivity contribution in [2.24, 2.45) is 5.41 Å². The van der Waals surface area contributed by atoms with Gasteiger partial charge in [-0.15, -0.1) is 0 Å². The molecule has 1 aliphatic heterocycles. The second-order valence-electron chi connectivity index (χ2n) is 5.63. The summed E-state index contributed by atoms with van der Waals surface area (Å²) < 4.78 is 0. The van der Waals surface area contributed by atoms with Crippen molar-refractivity contribution in [2.75, 3.05) is 5.32 Å². The van der Waals surface area contributed by atoms with Gasteiger partial charge in [0.05, 0.1) is 5.41 Å². The fraction of sp³-hybridized carbons (Fsp3) is 0.400. The molecule has 4 amide bonds. The number of hydrogen-bond donors (Lipinski definition) is 2. The van der Waals surface area contributed by atoms with E-state index in [1.807, 2.05) is 6.07 Å². The Morgan fingerprint density at radius 3 is 2.43 bits per heavy atom. The maximum absolute atomic E-state index is 12.4. The molecule has 1 heterocycles. The van der Waals surface area contributed by atoms with E-state index in [2.05, 4.69) is 10.7 Å². The zero-order chi connectivity index (χ0) is 14.9. The normalized spacial score (nSPS) is 20.1. The van der Waals surface area contributed by atoms with Crippen LogP contribution in [0.3, 0.4) is 0 Å². The summed E-state index contributed by atoms with van der Waals surface area (Å²) in [6.45, 7) is 0. The number of nitrogens with one attached hydrogen (secondary N) is 2. The zero-order valence-electron chi connectivity index (χ0n) is 11.6. The summed E-state index contributed by atoms with van der Waals surface area (Å²) in [6, 6.07) is 8.28. The first-order valence-electron chi connectivity index (χ1n) is 7.11. The fourth-order valence-corrected chi connectivity index (χ4v) is 3.13. The van der Waals surface area contributed by atoms with E-state index in [4.69, 9.17) is 0 Å². The average Bonchev–Trinajstić information content (AvgIpc) is 3.02. The quantitative estimate of drug-likeness (QED) is 0.817. The molecular formula is C15H17N3O3. The predicted octanol–water partition coefficient (Wildman–Crippen LogP) is 2.04. The van der Waals surface area contributed by atoms with Crippen molar-refractivity contribution in [1.29, 1.82) is 0 Å². The van der Waals surface area contributed by atoms with E-state index in [1.54, 1.807) is 24.3 Å². The third kappa shape index (κ3) is 2.49. The predicted molar refractivity (Wildman–Crippen MR) is 76.0 cm³/mol. The first kappa shape index (κ1) is 13.6. The summed E-state index contributed by atoms with van der Waals surface area (Å²) in [7, 11) is 0. The van der Waals surface area contributed by atoms with Gasteiger partial charge in [0.15, 0.2) is 0 Å². The number of hydrogen-bond acceptors (Lipinski definition) is 3. The minimum atomic E-state index is -0.585. The Morgan fingerprint density at radius 2 is 1.76 bits per heavy atom. The van der Waals surface area contributed by atoms with Gasteiger partial charge in [-0.3, -0.25) is 9.59 Å². The molecule has 0 atom stereocenters. The smallest absolute Gasteiger partial charge is 0.307 e. The number of rotatable bonds is 2. The average molecular weight is 287 g/mol. The number of amides is 4. The first-order chi connectivity index (χ1) is 10.1. The Bertz CT molecular complexity index is 579. The molecule has 6 nitrogen and oxygen atoms in total. The highest BCUT2D eigenvalue weighted by Crippen LogP contribution is 2.46. The number of imide groups is 1. The van der Waals surface area contributed by atoms with Crippen molar-refractivity contribution in [1.82, 2.24) is 10.4 Å². The van der Waals surface area contributed by atoms with Gasteiger partial charge in [0.25, 0.3) is 5.91 Å². The summed E-state index contributed by atoms with van der Waals surface area (Å²) in [5, 5.41) is 3.47. The van der Waals surface area contributed by atoms with Crippen molar-refractivity contribution in [3.63, 3.8) is 0 Å². The summed E-state index contributed by atoms with van der Waals surface area (Å²) in [5.41, 5.74) is 2.39. The highest BCUT2D eigenvalue weighted by Gasteiger charge is 2.53. The molecule has 6 heteroatoms. The lowest BCUT2D eigenvalue weighted by atomic mass is 9.85. The third-order valence-electron chi connectivity index (χ3n) is 4.20. The van der Waals surface area contributed by atoms with E-state index in [0.717, 1.165) is 30.7 Å². The molecule has 0 unspecified atom stereocenters. The van der Waals surface area contributed by atoms with Gasteiger partial charge in [-0.2, -0.15) is 5.01 Å². The van der Waals surface area contributed by atoms with Crippen molar-refractivity contribution in [2.45, 2.75) is 32.1 Å². The number of nitrogens with zero attached hydrogens (tertiary/aromatic N) is 1. The number of carbonyl (C=O) groups excluding carboxylic acids is 3. The van der Waals surface area contributed by atoms with Crippen molar-refractivity contribution in [3.05, 3.63) is 30.3 Å². The van der Waals surface area contributed by atoms with Crippen molar-refractivity contribution in [3.8, 4) is 0 Å². The van der Waals surface area contributed by atoms with Crippen molar-refractivity contribution < 1.29 is 14.4 Å². The molecule has 1 aromatic carbocycles. The Labute approximate surface area is 122 Å². The van der Waals surface area contributed by atoms with Gasteiger partial charge in [0, 0.05) is 12.1 Å². The van der Waals surface area contributed by atoms with Gasteiger partial charge >= 0.3 is 6.03 Å². The molecule has 1 aliphatic carbocycles. The van der Waals surface area contributed by atoms with E-state index in [1.165, 1.54) is 0 Å². The number of benzene rings is 1. The minimum Gasteiger partial charge on any atom is -0.307 e. The van der Waals surface area contributed by atoms with E-state index < -0.39 is 11.4 Å². The molecule has 0 aromatic heterocycles. The second-order valence-corrected chi connectivity index (χ2v) is 5.63. The Morgan fingerprint density at radius 1 is 1.10 bits per heavy atom. The Kier molecular flexibility index (Phi) is 3.37. The van der Waals surface area contributed by atoms with Crippen LogP contribution >= 0.6 is 0 Å². The van der Waals surface area contributed by atoms with Crippen LogP contribution in [0.5, 0.6) is 0 Å². The fourth-order valence-electron chi connectivity index (χ4n) is 3.13. The SMILES string of the molecule is O=C(Nc1ccccc1)NN1C(=O)CC2(CCCC2)C1=O. The summed E-state index contributed by atoms with van der Waals surface area (Å²) >= 11 is 0. The zero-order valence-corrected chi connectivity index (χ0v) is 11.6. The molecular weight excluding hydrogens is 270 g/mol. The third-order valence-corrected chi connectivity index (χ3v) is 4.20. The van der Waals surface area contributed by atoms with Crippen molar-refractivity contribution >= 4 is 23.5 Å². The first-order valence-corrected chi connectivity index (χ1v) is 7.11. The number of anilines is 1. The van der Waals surface area contributed by atoms with Crippen LogP contribution in [0.1, 0.15) is 32.1 Å². The van der Waals surface area contributed by atoms with Crippen LogP contribution in [0, 0.1) is 5.41 Å². The lowest BCUT2D eigenvalue weighted by Crippen LogP contribution is -2.49. The molecule has 0 radical (unpaired) electrons. The molecule has 1 saturated heterocycles. The molecule has 2 N–H and O–H groups in total. The molecule has 1 spiro atoms. The molecule has 1 saturated carbocycles. The molecule has 2 aliphatic rings. The molecule has 21 heavy (non-hydrogen) atoms. The molecule has 0 bridgehead atoms. The van der Waals surface area contributed by atoms with Gasteiger partial charge < -0.3 is 5.32 Å². The number of urea groups is 1. The molecule has 110 valence electrons. The van der Waals surface area contributed by atoms with E-state index in [9.17, 15) is 14.4 Å².